The number of carbonyl (C=O) groups is 2. The number of nitrogens with zero attached hydrogens (tertiary/aromatic N) is 1. The van der Waals surface area contributed by atoms with Crippen molar-refractivity contribution in [3.05, 3.63) is 46.7 Å². The summed E-state index contributed by atoms with van der Waals surface area (Å²) in [5.74, 6) is -2.25. The fourth-order valence-corrected chi connectivity index (χ4v) is 3.06. The van der Waals surface area contributed by atoms with E-state index in [4.69, 9.17) is 9.47 Å². The van der Waals surface area contributed by atoms with Crippen LogP contribution in [-0.4, -0.2) is 43.3 Å². The number of carbonyl (C=O) groups excluding carboxylic acids is 2. The highest BCUT2D eigenvalue weighted by Gasteiger charge is 2.43. The lowest BCUT2D eigenvalue weighted by atomic mass is 9.94. The van der Waals surface area contributed by atoms with Gasteiger partial charge in [0.2, 0.25) is 0 Å². The van der Waals surface area contributed by atoms with Crippen molar-refractivity contribution in [3.63, 3.8) is 0 Å². The number of esters is 1. The summed E-state index contributed by atoms with van der Waals surface area (Å²) in [5, 5.41) is 2.65. The van der Waals surface area contributed by atoms with Crippen molar-refractivity contribution in [2.75, 3.05) is 20.3 Å². The molecule has 2 amide bonds. The smallest absolute Gasteiger partial charge is 0.338 e. The first-order valence-corrected chi connectivity index (χ1v) is 8.35. The van der Waals surface area contributed by atoms with Crippen LogP contribution in [-0.2, 0) is 14.3 Å². The first kappa shape index (κ1) is 18.3. The number of benzene rings is 1. The van der Waals surface area contributed by atoms with Crippen LogP contribution < -0.4 is 5.32 Å². The summed E-state index contributed by atoms with van der Waals surface area (Å²) < 4.78 is 37.6. The standard InChI is InChI=1S/C18H20F2N2O4/c1-10-15(17(23)26-8-7-25-2)16(13-6-3-11(19)9-14(13)20)21-18(24)22(10)12-4-5-12/h3,6,9,12,16H,4-5,7-8H2,1-2H3,(H,21,24)/t16-/m1/s1. The molecular weight excluding hydrogens is 346 g/mol. The molecule has 0 saturated heterocycles. The minimum atomic E-state index is -1.05. The fourth-order valence-electron chi connectivity index (χ4n) is 3.06. The van der Waals surface area contributed by atoms with Crippen LogP contribution in [0.3, 0.4) is 0 Å². The highest BCUT2D eigenvalue weighted by molar-refractivity contribution is 5.95. The van der Waals surface area contributed by atoms with Gasteiger partial charge in [0.25, 0.3) is 0 Å². The second kappa shape index (κ2) is 7.41. The van der Waals surface area contributed by atoms with E-state index in [0.717, 1.165) is 25.0 Å². The Kier molecular flexibility index (Phi) is 5.22. The van der Waals surface area contributed by atoms with Crippen molar-refractivity contribution in [2.45, 2.75) is 31.8 Å². The molecule has 3 rings (SSSR count). The van der Waals surface area contributed by atoms with Gasteiger partial charge in [-0.25, -0.2) is 18.4 Å². The molecular formula is C18H20F2N2O4. The number of allylic oxidation sites excluding steroid dienone is 1. The number of ether oxygens (including phenoxy) is 2. The normalized spacial score (nSPS) is 20.2. The Labute approximate surface area is 149 Å². The molecule has 1 saturated carbocycles. The average molecular weight is 366 g/mol. The fraction of sp³-hybridized carbons (Fsp3) is 0.444. The molecule has 1 fully saturated rings. The Morgan fingerprint density at radius 1 is 1.31 bits per heavy atom. The van der Waals surface area contributed by atoms with Gasteiger partial charge in [0, 0.05) is 30.5 Å². The van der Waals surface area contributed by atoms with Gasteiger partial charge in [0.15, 0.2) is 0 Å². The van der Waals surface area contributed by atoms with E-state index in [-0.39, 0.29) is 30.4 Å². The molecule has 8 heteroatoms. The first-order valence-electron chi connectivity index (χ1n) is 8.35. The van der Waals surface area contributed by atoms with Gasteiger partial charge >= 0.3 is 12.0 Å². The number of hydrogen-bond donors (Lipinski definition) is 1. The van der Waals surface area contributed by atoms with Crippen molar-refractivity contribution in [2.24, 2.45) is 0 Å². The molecule has 1 heterocycles. The molecule has 1 aromatic rings. The molecule has 1 aliphatic heterocycles. The first-order chi connectivity index (χ1) is 12.4. The van der Waals surface area contributed by atoms with E-state index in [1.54, 1.807) is 6.92 Å². The quantitative estimate of drug-likeness (QED) is 0.621. The maximum absolute atomic E-state index is 14.3. The van der Waals surface area contributed by atoms with Crippen molar-refractivity contribution in [3.8, 4) is 0 Å². The van der Waals surface area contributed by atoms with Crippen LogP contribution in [0.4, 0.5) is 13.6 Å². The molecule has 0 unspecified atom stereocenters. The van der Waals surface area contributed by atoms with Gasteiger partial charge in [-0.05, 0) is 25.8 Å². The van der Waals surface area contributed by atoms with Crippen LogP contribution >= 0.6 is 0 Å². The molecule has 140 valence electrons. The molecule has 0 bridgehead atoms. The number of halogens is 2. The van der Waals surface area contributed by atoms with Gasteiger partial charge in [-0.1, -0.05) is 6.07 Å². The number of methoxy groups -OCH3 is 1. The van der Waals surface area contributed by atoms with E-state index >= 15 is 0 Å². The van der Waals surface area contributed by atoms with Crippen molar-refractivity contribution in [1.82, 2.24) is 10.2 Å². The second-order valence-corrected chi connectivity index (χ2v) is 6.28. The molecule has 0 radical (unpaired) electrons. The minimum absolute atomic E-state index is 0.00763. The third kappa shape index (κ3) is 3.55. The van der Waals surface area contributed by atoms with Crippen LogP contribution in [0, 0.1) is 11.6 Å². The largest absolute Gasteiger partial charge is 0.460 e. The van der Waals surface area contributed by atoms with E-state index in [1.165, 1.54) is 18.1 Å². The van der Waals surface area contributed by atoms with Gasteiger partial charge in [0.1, 0.15) is 18.2 Å². The Balaban J connectivity index is 2.00. The molecule has 26 heavy (non-hydrogen) atoms. The van der Waals surface area contributed by atoms with Crippen LogP contribution in [0.15, 0.2) is 29.5 Å². The Hall–Kier alpha value is -2.48. The van der Waals surface area contributed by atoms with Gasteiger partial charge < -0.3 is 14.8 Å². The lowest BCUT2D eigenvalue weighted by Crippen LogP contribution is -2.49. The van der Waals surface area contributed by atoms with Crippen LogP contribution in [0.1, 0.15) is 31.4 Å². The third-order valence-corrected chi connectivity index (χ3v) is 4.45. The van der Waals surface area contributed by atoms with Crippen LogP contribution in [0.5, 0.6) is 0 Å². The number of amides is 2. The van der Waals surface area contributed by atoms with Crippen LogP contribution in [0.2, 0.25) is 0 Å². The lowest BCUT2D eigenvalue weighted by Gasteiger charge is -2.35. The minimum Gasteiger partial charge on any atom is -0.460 e. The molecule has 2 aliphatic rings. The van der Waals surface area contributed by atoms with Gasteiger partial charge in [0.05, 0.1) is 18.2 Å². The molecule has 1 N–H and O–H groups in total. The second-order valence-electron chi connectivity index (χ2n) is 6.28. The maximum Gasteiger partial charge on any atom is 0.338 e. The van der Waals surface area contributed by atoms with Gasteiger partial charge in [-0.2, -0.15) is 0 Å². The zero-order valence-electron chi connectivity index (χ0n) is 14.6. The van der Waals surface area contributed by atoms with E-state index in [0.29, 0.717) is 5.70 Å². The van der Waals surface area contributed by atoms with Crippen molar-refractivity contribution < 1.29 is 27.8 Å². The monoisotopic (exact) mass is 366 g/mol. The summed E-state index contributed by atoms with van der Waals surface area (Å²) in [6, 6.07) is 1.59. The van der Waals surface area contributed by atoms with E-state index < -0.39 is 29.7 Å². The summed E-state index contributed by atoms with van der Waals surface area (Å²) >= 11 is 0. The summed E-state index contributed by atoms with van der Waals surface area (Å²) in [7, 11) is 1.48. The number of rotatable bonds is 6. The molecule has 0 spiro atoms. The van der Waals surface area contributed by atoms with Gasteiger partial charge in [-0.15, -0.1) is 0 Å². The summed E-state index contributed by atoms with van der Waals surface area (Å²) in [6.45, 7) is 1.88. The van der Waals surface area contributed by atoms with Crippen LogP contribution in [0.25, 0.3) is 0 Å². The summed E-state index contributed by atoms with van der Waals surface area (Å²) in [4.78, 5) is 26.6. The lowest BCUT2D eigenvalue weighted by molar-refractivity contribution is -0.140. The van der Waals surface area contributed by atoms with Gasteiger partial charge in [-0.3, -0.25) is 4.90 Å². The van der Waals surface area contributed by atoms with E-state index in [9.17, 15) is 18.4 Å². The molecule has 1 aliphatic carbocycles. The zero-order chi connectivity index (χ0) is 18.8. The number of nitrogens with one attached hydrogen (secondary N) is 1. The average Bonchev–Trinajstić information content (AvgIpc) is 3.39. The van der Waals surface area contributed by atoms with Crippen molar-refractivity contribution in [1.29, 1.82) is 0 Å². The summed E-state index contributed by atoms with van der Waals surface area (Å²) in [5.41, 5.74) is 0.568. The van der Waals surface area contributed by atoms with E-state index in [2.05, 4.69) is 5.32 Å². The SMILES string of the molecule is COCCOC(=O)C1=C(C)N(C2CC2)C(=O)N[C@@H]1c1ccc(F)cc1F. The Bertz CT molecular complexity index is 762. The zero-order valence-corrected chi connectivity index (χ0v) is 14.6. The maximum atomic E-state index is 14.3. The molecule has 6 nitrogen and oxygen atoms in total. The Morgan fingerprint density at radius 2 is 2.04 bits per heavy atom. The third-order valence-electron chi connectivity index (χ3n) is 4.45. The predicted molar refractivity (Wildman–Crippen MR) is 88.0 cm³/mol. The molecule has 1 aromatic carbocycles. The molecule has 0 aromatic heterocycles. The summed E-state index contributed by atoms with van der Waals surface area (Å²) in [6.07, 6.45) is 1.68. The van der Waals surface area contributed by atoms with E-state index in [1.807, 2.05) is 0 Å². The highest BCUT2D eigenvalue weighted by atomic mass is 19.1. The predicted octanol–water partition coefficient (Wildman–Crippen LogP) is 2.66. The van der Waals surface area contributed by atoms with Crippen molar-refractivity contribution >= 4 is 12.0 Å². The molecule has 1 atom stereocenters. The number of hydrogen-bond acceptors (Lipinski definition) is 4. The topological polar surface area (TPSA) is 67.9 Å². The highest BCUT2D eigenvalue weighted by Crippen LogP contribution is 2.38. The number of urea groups is 1. The Morgan fingerprint density at radius 3 is 2.65 bits per heavy atom.